The van der Waals surface area contributed by atoms with Gasteiger partial charge in [-0.15, -0.1) is 0 Å². The molecule has 1 N–H and O–H groups in total. The molecule has 0 aromatic heterocycles. The Morgan fingerprint density at radius 3 is 2.78 bits per heavy atom. The maximum absolute atomic E-state index is 12.6. The molecule has 128 valence electrons. The van der Waals surface area contributed by atoms with Gasteiger partial charge in [-0.1, -0.05) is 38.0 Å². The highest BCUT2D eigenvalue weighted by molar-refractivity contribution is 5.95. The first-order valence-electron chi connectivity index (χ1n) is 8.51. The Labute approximate surface area is 140 Å². The normalized spacial score (nSPS) is 24.7. The van der Waals surface area contributed by atoms with Crippen LogP contribution >= 0.6 is 0 Å². The quantitative estimate of drug-likeness (QED) is 0.876. The zero-order valence-corrected chi connectivity index (χ0v) is 14.9. The van der Waals surface area contributed by atoms with Crippen LogP contribution in [0, 0.1) is 5.92 Å². The van der Waals surface area contributed by atoms with E-state index in [0.717, 1.165) is 18.4 Å². The third-order valence-corrected chi connectivity index (χ3v) is 5.16. The van der Waals surface area contributed by atoms with Crippen LogP contribution in [0.2, 0.25) is 0 Å². The van der Waals surface area contributed by atoms with Gasteiger partial charge in [-0.3, -0.25) is 4.79 Å². The number of carbonyl (C=O) groups excluding carboxylic acids is 1. The molecule has 1 aliphatic rings. The highest BCUT2D eigenvalue weighted by Crippen LogP contribution is 2.35. The van der Waals surface area contributed by atoms with E-state index in [2.05, 4.69) is 31.2 Å². The van der Waals surface area contributed by atoms with Crippen molar-refractivity contribution >= 4 is 5.91 Å². The number of carbonyl (C=O) groups is 1. The van der Waals surface area contributed by atoms with Gasteiger partial charge in [0.1, 0.15) is 0 Å². The van der Waals surface area contributed by atoms with Crippen molar-refractivity contribution in [2.45, 2.75) is 44.8 Å². The zero-order valence-electron chi connectivity index (χ0n) is 14.9. The summed E-state index contributed by atoms with van der Waals surface area (Å²) in [6.07, 6.45) is 4.81. The van der Waals surface area contributed by atoms with Gasteiger partial charge < -0.3 is 15.0 Å². The smallest absolute Gasteiger partial charge is 0.251 e. The molecule has 23 heavy (non-hydrogen) atoms. The highest BCUT2D eigenvalue weighted by Gasteiger charge is 2.37. The number of ether oxygens (including phenoxy) is 1. The Hall–Kier alpha value is -1.39. The fourth-order valence-corrected chi connectivity index (χ4v) is 3.72. The van der Waals surface area contributed by atoms with E-state index in [1.54, 1.807) is 7.11 Å². The van der Waals surface area contributed by atoms with Gasteiger partial charge in [0.15, 0.2) is 0 Å². The molecule has 0 heterocycles. The molecule has 1 aromatic carbocycles. The molecule has 2 rings (SSSR count). The monoisotopic (exact) mass is 318 g/mol. The van der Waals surface area contributed by atoms with Gasteiger partial charge in [-0.25, -0.2) is 0 Å². The van der Waals surface area contributed by atoms with Crippen molar-refractivity contribution in [1.29, 1.82) is 0 Å². The van der Waals surface area contributed by atoms with E-state index >= 15 is 0 Å². The summed E-state index contributed by atoms with van der Waals surface area (Å²) in [7, 11) is 5.91. The van der Waals surface area contributed by atoms with Crippen LogP contribution in [0.1, 0.15) is 48.5 Å². The first kappa shape index (κ1) is 18.0. The molecule has 0 radical (unpaired) electrons. The maximum atomic E-state index is 12.6. The van der Waals surface area contributed by atoms with Crippen molar-refractivity contribution in [1.82, 2.24) is 10.2 Å². The lowest BCUT2D eigenvalue weighted by molar-refractivity contribution is 0.0673. The summed E-state index contributed by atoms with van der Waals surface area (Å²) < 4.78 is 5.20. The number of hydrogen-bond acceptors (Lipinski definition) is 3. The third-order valence-electron chi connectivity index (χ3n) is 5.16. The van der Waals surface area contributed by atoms with Gasteiger partial charge in [0.05, 0.1) is 6.61 Å². The summed E-state index contributed by atoms with van der Waals surface area (Å²) >= 11 is 0. The average molecular weight is 318 g/mol. The first-order chi connectivity index (χ1) is 11.0. The van der Waals surface area contributed by atoms with Crippen LogP contribution in [0.3, 0.4) is 0 Å². The van der Waals surface area contributed by atoms with Crippen molar-refractivity contribution in [2.75, 3.05) is 27.7 Å². The molecule has 4 nitrogen and oxygen atoms in total. The van der Waals surface area contributed by atoms with Crippen LogP contribution < -0.4 is 5.32 Å². The van der Waals surface area contributed by atoms with Gasteiger partial charge in [0, 0.05) is 24.8 Å². The number of methoxy groups -OCH3 is 1. The fraction of sp³-hybridized carbons (Fsp3) is 0.632. The summed E-state index contributed by atoms with van der Waals surface area (Å²) in [5.41, 5.74) is 1.72. The number of benzene rings is 1. The topological polar surface area (TPSA) is 41.6 Å². The minimum atomic E-state index is -0.00268. The minimum absolute atomic E-state index is 0.00268. The van der Waals surface area contributed by atoms with E-state index in [1.165, 1.54) is 12.8 Å². The van der Waals surface area contributed by atoms with E-state index < -0.39 is 0 Å². The molecular weight excluding hydrogens is 288 g/mol. The molecule has 1 amide bonds. The van der Waals surface area contributed by atoms with E-state index in [1.807, 2.05) is 24.3 Å². The Balaban J connectivity index is 2.08. The molecule has 0 spiro atoms. The lowest BCUT2D eigenvalue weighted by Crippen LogP contribution is -2.55. The Kier molecular flexibility index (Phi) is 6.19. The Morgan fingerprint density at radius 1 is 1.39 bits per heavy atom. The predicted molar refractivity (Wildman–Crippen MR) is 93.5 cm³/mol. The van der Waals surface area contributed by atoms with Crippen LogP contribution in [-0.2, 0) is 11.3 Å². The van der Waals surface area contributed by atoms with Crippen LogP contribution in [-0.4, -0.2) is 44.1 Å². The number of amides is 1. The van der Waals surface area contributed by atoms with E-state index in [0.29, 0.717) is 24.6 Å². The second-order valence-electron chi connectivity index (χ2n) is 7.09. The first-order valence-corrected chi connectivity index (χ1v) is 8.51. The highest BCUT2D eigenvalue weighted by atomic mass is 16.5. The summed E-state index contributed by atoms with van der Waals surface area (Å²) in [6.45, 7) is 3.47. The van der Waals surface area contributed by atoms with E-state index in [4.69, 9.17) is 4.74 Å². The molecule has 0 bridgehead atoms. The molecule has 1 aliphatic carbocycles. The molecule has 2 atom stereocenters. The summed E-state index contributed by atoms with van der Waals surface area (Å²) in [6, 6.07) is 7.66. The van der Waals surface area contributed by atoms with Gasteiger partial charge in [0.25, 0.3) is 5.91 Å². The number of rotatable bonds is 6. The van der Waals surface area contributed by atoms with Crippen molar-refractivity contribution in [3.05, 3.63) is 35.4 Å². The average Bonchev–Trinajstić information content (AvgIpc) is 2.53. The largest absolute Gasteiger partial charge is 0.380 e. The second kappa shape index (κ2) is 7.93. The number of likely N-dealkylation sites (N-methyl/N-ethyl adjacent to an activating group) is 1. The van der Waals surface area contributed by atoms with Crippen LogP contribution in [0.25, 0.3) is 0 Å². The number of hydrogen-bond donors (Lipinski definition) is 1. The van der Waals surface area contributed by atoms with Crippen LogP contribution in [0.5, 0.6) is 0 Å². The fourth-order valence-electron chi connectivity index (χ4n) is 3.72. The Morgan fingerprint density at radius 2 is 2.13 bits per heavy atom. The maximum Gasteiger partial charge on any atom is 0.251 e. The van der Waals surface area contributed by atoms with Gasteiger partial charge in [-0.2, -0.15) is 0 Å². The van der Waals surface area contributed by atoms with Crippen molar-refractivity contribution < 1.29 is 9.53 Å². The molecular formula is C19H30N2O2. The minimum Gasteiger partial charge on any atom is -0.380 e. The standard InChI is InChI=1S/C19H30N2O2/c1-15-8-7-11-19(12-15,21(2)3)14-20-18(22)17-10-6-5-9-16(17)13-23-4/h5-6,9-10,15H,7-8,11-14H2,1-4H3,(H,20,22)/t15-,19+/m1/s1. The molecule has 1 saturated carbocycles. The molecule has 0 aliphatic heterocycles. The van der Waals surface area contributed by atoms with Gasteiger partial charge in [0.2, 0.25) is 0 Å². The van der Waals surface area contributed by atoms with Gasteiger partial charge in [-0.05, 0) is 44.5 Å². The molecule has 4 heteroatoms. The number of nitrogens with zero attached hydrogens (tertiary/aromatic N) is 1. The lowest BCUT2D eigenvalue weighted by Gasteiger charge is -2.45. The van der Waals surface area contributed by atoms with E-state index in [-0.39, 0.29) is 11.4 Å². The van der Waals surface area contributed by atoms with Crippen molar-refractivity contribution in [3.63, 3.8) is 0 Å². The molecule has 0 saturated heterocycles. The number of nitrogens with one attached hydrogen (secondary N) is 1. The van der Waals surface area contributed by atoms with Crippen LogP contribution in [0.4, 0.5) is 0 Å². The zero-order chi connectivity index (χ0) is 16.9. The third kappa shape index (κ3) is 4.33. The SMILES string of the molecule is COCc1ccccc1C(=O)NC[C@]1(N(C)C)CCC[C@@H](C)C1. The second-order valence-corrected chi connectivity index (χ2v) is 7.09. The molecule has 1 aromatic rings. The molecule has 1 fully saturated rings. The van der Waals surface area contributed by atoms with Gasteiger partial charge >= 0.3 is 0 Å². The van der Waals surface area contributed by atoms with Crippen LogP contribution in [0.15, 0.2) is 24.3 Å². The summed E-state index contributed by atoms with van der Waals surface area (Å²) in [4.78, 5) is 14.9. The summed E-state index contributed by atoms with van der Waals surface area (Å²) in [5, 5.41) is 3.17. The predicted octanol–water partition coefficient (Wildman–Crippen LogP) is 3.07. The summed E-state index contributed by atoms with van der Waals surface area (Å²) in [5.74, 6) is 0.709. The van der Waals surface area contributed by atoms with Crippen molar-refractivity contribution in [3.8, 4) is 0 Å². The lowest BCUT2D eigenvalue weighted by atomic mass is 9.75. The van der Waals surface area contributed by atoms with E-state index in [9.17, 15) is 4.79 Å². The Bertz CT molecular complexity index is 530. The molecule has 0 unspecified atom stereocenters. The van der Waals surface area contributed by atoms with Crippen molar-refractivity contribution in [2.24, 2.45) is 5.92 Å².